The second-order valence-corrected chi connectivity index (χ2v) is 9.25. The van der Waals surface area contributed by atoms with Crippen LogP contribution in [0.25, 0.3) is 11.3 Å². The smallest absolute Gasteiger partial charge is 0.338 e. The van der Waals surface area contributed by atoms with Crippen LogP contribution in [0, 0.1) is 5.82 Å². The van der Waals surface area contributed by atoms with E-state index in [0.717, 1.165) is 5.69 Å². The lowest BCUT2D eigenvalue weighted by Crippen LogP contribution is -2.32. The Labute approximate surface area is 229 Å². The van der Waals surface area contributed by atoms with Gasteiger partial charge in [0.25, 0.3) is 0 Å². The number of nitrogens with zero attached hydrogens (tertiary/aromatic N) is 2. The Bertz CT molecular complexity index is 1490. The van der Waals surface area contributed by atoms with Gasteiger partial charge in [0.2, 0.25) is 5.91 Å². The van der Waals surface area contributed by atoms with Gasteiger partial charge >= 0.3 is 5.97 Å². The summed E-state index contributed by atoms with van der Waals surface area (Å²) in [6.07, 6.45) is 1.83. The molecule has 0 aliphatic carbocycles. The quantitative estimate of drug-likeness (QED) is 0.229. The van der Waals surface area contributed by atoms with Gasteiger partial charge in [-0.15, -0.1) is 0 Å². The van der Waals surface area contributed by atoms with Crippen LogP contribution in [0.2, 0.25) is 0 Å². The van der Waals surface area contributed by atoms with Crippen LogP contribution in [-0.4, -0.2) is 40.5 Å². The highest BCUT2D eigenvalue weighted by molar-refractivity contribution is 7.80. The molecule has 1 saturated heterocycles. The van der Waals surface area contributed by atoms with Crippen LogP contribution in [0.3, 0.4) is 0 Å². The number of rotatable bonds is 8. The minimum atomic E-state index is -0.465. The lowest BCUT2D eigenvalue weighted by atomic mass is 10.0. The molecule has 198 valence electrons. The SMILES string of the molecule is COC(=O)c1ccccc1-c1ccc(C2C(c3ccccn3)NC(=S)N2CCC(=O)Nc2ccc(F)cc2)o1. The number of pyridine rings is 1. The predicted molar refractivity (Wildman–Crippen MR) is 147 cm³/mol. The monoisotopic (exact) mass is 544 g/mol. The molecule has 1 aliphatic heterocycles. The molecule has 0 spiro atoms. The number of furan rings is 1. The maximum absolute atomic E-state index is 13.2. The number of hydrogen-bond donors (Lipinski definition) is 2. The zero-order valence-electron chi connectivity index (χ0n) is 21.0. The molecule has 1 amide bonds. The van der Waals surface area contributed by atoms with E-state index in [0.29, 0.717) is 40.0 Å². The highest BCUT2D eigenvalue weighted by Gasteiger charge is 2.41. The molecule has 2 unspecified atom stereocenters. The van der Waals surface area contributed by atoms with Gasteiger partial charge in [0.05, 0.1) is 24.4 Å². The molecule has 2 aromatic carbocycles. The molecule has 5 rings (SSSR count). The van der Waals surface area contributed by atoms with Gasteiger partial charge < -0.3 is 24.7 Å². The molecular formula is C29H25FN4O4S. The van der Waals surface area contributed by atoms with Crippen molar-refractivity contribution in [1.29, 1.82) is 0 Å². The third-order valence-electron chi connectivity index (χ3n) is 6.42. The standard InChI is InChI=1S/C29H25FN4O4S/c1-37-28(36)21-7-3-2-6-20(21)23-13-14-24(38-23)27-26(22-8-4-5-16-31-22)33-29(39)34(27)17-15-25(35)32-19-11-9-18(30)10-12-19/h2-14,16,26-27H,15,17H2,1H3,(H,32,35)(H,33,39). The van der Waals surface area contributed by atoms with E-state index in [4.69, 9.17) is 21.4 Å². The Hall–Kier alpha value is -4.57. The number of anilines is 1. The highest BCUT2D eigenvalue weighted by atomic mass is 32.1. The zero-order valence-corrected chi connectivity index (χ0v) is 21.8. The minimum Gasteiger partial charge on any atom is -0.465 e. The van der Waals surface area contributed by atoms with Crippen molar-refractivity contribution < 1.29 is 23.1 Å². The maximum Gasteiger partial charge on any atom is 0.338 e. The number of benzene rings is 2. The van der Waals surface area contributed by atoms with Gasteiger partial charge in [-0.25, -0.2) is 9.18 Å². The first-order valence-electron chi connectivity index (χ1n) is 12.3. The summed E-state index contributed by atoms with van der Waals surface area (Å²) >= 11 is 5.67. The number of thiocarbonyl (C=S) groups is 1. The number of nitrogens with one attached hydrogen (secondary N) is 2. The number of esters is 1. The van der Waals surface area contributed by atoms with Crippen molar-refractivity contribution in [3.63, 3.8) is 0 Å². The lowest BCUT2D eigenvalue weighted by Gasteiger charge is -2.25. The number of aromatic nitrogens is 1. The van der Waals surface area contributed by atoms with E-state index in [1.807, 2.05) is 35.2 Å². The molecule has 2 aromatic heterocycles. The molecule has 2 atom stereocenters. The van der Waals surface area contributed by atoms with Gasteiger partial charge in [-0.2, -0.15) is 0 Å². The summed E-state index contributed by atoms with van der Waals surface area (Å²) in [5.74, 6) is 0.00475. The van der Waals surface area contributed by atoms with Crippen LogP contribution in [-0.2, 0) is 9.53 Å². The minimum absolute atomic E-state index is 0.128. The van der Waals surface area contributed by atoms with Crippen LogP contribution in [0.1, 0.15) is 40.3 Å². The fourth-order valence-electron chi connectivity index (χ4n) is 4.58. The molecular weight excluding hydrogens is 519 g/mol. The molecule has 0 bridgehead atoms. The van der Waals surface area contributed by atoms with Gasteiger partial charge in [-0.3, -0.25) is 9.78 Å². The van der Waals surface area contributed by atoms with Crippen molar-refractivity contribution in [2.45, 2.75) is 18.5 Å². The second-order valence-electron chi connectivity index (χ2n) is 8.86. The lowest BCUT2D eigenvalue weighted by molar-refractivity contribution is -0.116. The summed E-state index contributed by atoms with van der Waals surface area (Å²) in [7, 11) is 1.33. The number of halogens is 1. The Morgan fingerprint density at radius 2 is 1.85 bits per heavy atom. The van der Waals surface area contributed by atoms with Crippen molar-refractivity contribution in [3.8, 4) is 11.3 Å². The maximum atomic E-state index is 13.2. The van der Waals surface area contributed by atoms with Crippen LogP contribution >= 0.6 is 12.2 Å². The Balaban J connectivity index is 1.42. The van der Waals surface area contributed by atoms with E-state index in [9.17, 15) is 14.0 Å². The van der Waals surface area contributed by atoms with Crippen LogP contribution in [0.15, 0.2) is 89.5 Å². The molecule has 2 N–H and O–H groups in total. The largest absolute Gasteiger partial charge is 0.465 e. The summed E-state index contributed by atoms with van der Waals surface area (Å²) in [5.41, 5.74) is 2.25. The van der Waals surface area contributed by atoms with Gasteiger partial charge in [0.1, 0.15) is 23.4 Å². The van der Waals surface area contributed by atoms with Crippen LogP contribution in [0.4, 0.5) is 10.1 Å². The molecule has 3 heterocycles. The van der Waals surface area contributed by atoms with Crippen molar-refractivity contribution in [2.75, 3.05) is 19.0 Å². The average Bonchev–Trinajstić information content (AvgIpc) is 3.57. The first-order chi connectivity index (χ1) is 18.9. The molecule has 0 radical (unpaired) electrons. The number of amides is 1. The fraction of sp³-hybridized carbons (Fsp3) is 0.172. The number of carbonyl (C=O) groups excluding carboxylic acids is 2. The Morgan fingerprint density at radius 3 is 2.59 bits per heavy atom. The van der Waals surface area contributed by atoms with Crippen molar-refractivity contribution in [1.82, 2.24) is 15.2 Å². The van der Waals surface area contributed by atoms with Crippen LogP contribution < -0.4 is 10.6 Å². The Morgan fingerprint density at radius 1 is 1.08 bits per heavy atom. The zero-order chi connectivity index (χ0) is 27.4. The second kappa shape index (κ2) is 11.4. The number of carbonyl (C=O) groups is 2. The van der Waals surface area contributed by atoms with Gasteiger partial charge in [0.15, 0.2) is 5.11 Å². The van der Waals surface area contributed by atoms with E-state index in [2.05, 4.69) is 15.6 Å². The van der Waals surface area contributed by atoms with E-state index in [-0.39, 0.29) is 24.2 Å². The Kier molecular flexibility index (Phi) is 7.64. The van der Waals surface area contributed by atoms with Gasteiger partial charge in [-0.1, -0.05) is 24.3 Å². The molecule has 1 aliphatic rings. The van der Waals surface area contributed by atoms with Crippen molar-refractivity contribution in [3.05, 3.63) is 108 Å². The van der Waals surface area contributed by atoms with E-state index >= 15 is 0 Å². The normalized spacial score (nSPS) is 16.6. The number of hydrogen-bond acceptors (Lipinski definition) is 6. The third kappa shape index (κ3) is 5.65. The van der Waals surface area contributed by atoms with E-state index in [1.165, 1.54) is 31.4 Å². The first-order valence-corrected chi connectivity index (χ1v) is 12.7. The molecule has 0 saturated carbocycles. The number of methoxy groups -OCH3 is 1. The summed E-state index contributed by atoms with van der Waals surface area (Å²) < 4.78 is 24.5. The summed E-state index contributed by atoms with van der Waals surface area (Å²) in [4.78, 5) is 31.4. The van der Waals surface area contributed by atoms with Crippen LogP contribution in [0.5, 0.6) is 0 Å². The fourth-order valence-corrected chi connectivity index (χ4v) is 4.91. The van der Waals surface area contributed by atoms with E-state index < -0.39 is 12.0 Å². The molecule has 8 nitrogen and oxygen atoms in total. The predicted octanol–water partition coefficient (Wildman–Crippen LogP) is 5.27. The topological polar surface area (TPSA) is 96.7 Å². The van der Waals surface area contributed by atoms with Gasteiger partial charge in [0, 0.05) is 30.4 Å². The third-order valence-corrected chi connectivity index (χ3v) is 6.77. The summed E-state index contributed by atoms with van der Waals surface area (Å²) in [6, 6.07) is 21.1. The highest BCUT2D eigenvalue weighted by Crippen LogP contribution is 2.41. The number of ether oxygens (including phenoxy) is 1. The van der Waals surface area contributed by atoms with Gasteiger partial charge in [-0.05, 0) is 66.8 Å². The summed E-state index contributed by atoms with van der Waals surface area (Å²) in [5, 5.41) is 6.56. The molecule has 39 heavy (non-hydrogen) atoms. The average molecular weight is 545 g/mol. The molecule has 1 fully saturated rings. The summed E-state index contributed by atoms with van der Waals surface area (Å²) in [6.45, 7) is 0.293. The van der Waals surface area contributed by atoms with Crippen molar-refractivity contribution in [2.24, 2.45) is 0 Å². The van der Waals surface area contributed by atoms with E-state index in [1.54, 1.807) is 30.5 Å². The molecule has 10 heteroatoms. The molecule has 4 aromatic rings. The first kappa shape index (κ1) is 26.1. The van der Waals surface area contributed by atoms with Crippen molar-refractivity contribution >= 4 is 34.9 Å².